The highest BCUT2D eigenvalue weighted by Crippen LogP contribution is 2.33. The Morgan fingerprint density at radius 1 is 1.29 bits per heavy atom. The van der Waals surface area contributed by atoms with E-state index in [-0.39, 0.29) is 28.8 Å². The van der Waals surface area contributed by atoms with Crippen molar-refractivity contribution in [3.63, 3.8) is 0 Å². The van der Waals surface area contributed by atoms with Crippen molar-refractivity contribution in [3.8, 4) is 0 Å². The van der Waals surface area contributed by atoms with Gasteiger partial charge >= 0.3 is 0 Å². The zero-order valence-electron chi connectivity index (χ0n) is 12.6. The highest BCUT2D eigenvalue weighted by Gasteiger charge is 2.33. The first kappa shape index (κ1) is 17.4. The van der Waals surface area contributed by atoms with Crippen LogP contribution in [0.3, 0.4) is 0 Å². The van der Waals surface area contributed by atoms with E-state index in [1.165, 1.54) is 28.4 Å². The molecular formula is C16H15ClFNO3S2. The highest BCUT2D eigenvalue weighted by atomic mass is 35.5. The van der Waals surface area contributed by atoms with Gasteiger partial charge in [-0.1, -0.05) is 17.7 Å². The van der Waals surface area contributed by atoms with Crippen molar-refractivity contribution in [1.82, 2.24) is 4.90 Å². The third-order valence-electron chi connectivity index (χ3n) is 4.05. The molecule has 0 aliphatic carbocycles. The van der Waals surface area contributed by atoms with Crippen LogP contribution in [0.15, 0.2) is 35.7 Å². The second kappa shape index (κ2) is 6.82. The molecule has 1 saturated heterocycles. The molecule has 1 aliphatic heterocycles. The van der Waals surface area contributed by atoms with Crippen LogP contribution in [0.1, 0.15) is 26.9 Å². The summed E-state index contributed by atoms with van der Waals surface area (Å²) in [6.07, 6.45) is 0.341. The van der Waals surface area contributed by atoms with Gasteiger partial charge in [-0.25, -0.2) is 12.8 Å². The van der Waals surface area contributed by atoms with Gasteiger partial charge in [-0.3, -0.25) is 4.79 Å². The number of hydrogen-bond acceptors (Lipinski definition) is 4. The molecule has 0 N–H and O–H groups in total. The number of thiophene rings is 1. The first-order chi connectivity index (χ1) is 11.4. The second-order valence-electron chi connectivity index (χ2n) is 5.58. The van der Waals surface area contributed by atoms with E-state index in [9.17, 15) is 17.6 Å². The number of carbonyl (C=O) groups is 1. The van der Waals surface area contributed by atoms with Crippen molar-refractivity contribution in [2.45, 2.75) is 11.7 Å². The van der Waals surface area contributed by atoms with Gasteiger partial charge in [0.1, 0.15) is 5.82 Å². The normalized spacial score (nSPS) is 20.6. The number of halogens is 2. The first-order valence-electron chi connectivity index (χ1n) is 7.38. The number of amides is 1. The number of nitrogens with zero attached hydrogens (tertiary/aromatic N) is 1. The smallest absolute Gasteiger partial charge is 0.255 e. The lowest BCUT2D eigenvalue weighted by molar-refractivity contribution is 0.0767. The minimum absolute atomic E-state index is 0.0295. The lowest BCUT2D eigenvalue weighted by Gasteiger charge is -2.20. The van der Waals surface area contributed by atoms with Crippen molar-refractivity contribution in [2.75, 3.05) is 18.8 Å². The van der Waals surface area contributed by atoms with E-state index in [1.807, 2.05) is 11.4 Å². The van der Waals surface area contributed by atoms with Crippen LogP contribution in [-0.4, -0.2) is 38.1 Å². The topological polar surface area (TPSA) is 54.5 Å². The van der Waals surface area contributed by atoms with E-state index in [0.717, 1.165) is 10.9 Å². The van der Waals surface area contributed by atoms with Gasteiger partial charge in [-0.05, 0) is 36.1 Å². The van der Waals surface area contributed by atoms with Gasteiger partial charge in [0.15, 0.2) is 9.84 Å². The molecule has 0 unspecified atom stereocenters. The molecular weight excluding hydrogens is 373 g/mol. The van der Waals surface area contributed by atoms with Crippen molar-refractivity contribution in [2.24, 2.45) is 0 Å². The molecule has 0 bridgehead atoms. The monoisotopic (exact) mass is 387 g/mol. The Balaban J connectivity index is 1.83. The zero-order chi connectivity index (χ0) is 17.3. The Bertz CT molecular complexity index is 852. The van der Waals surface area contributed by atoms with Gasteiger partial charge in [0.25, 0.3) is 5.91 Å². The maximum atomic E-state index is 13.1. The number of benzene rings is 1. The molecule has 8 heteroatoms. The van der Waals surface area contributed by atoms with Crippen molar-refractivity contribution < 1.29 is 17.6 Å². The lowest BCUT2D eigenvalue weighted by Crippen LogP contribution is -2.33. The molecule has 1 atom stereocenters. The zero-order valence-corrected chi connectivity index (χ0v) is 15.0. The predicted octanol–water partition coefficient (Wildman–Crippen LogP) is 3.54. The maximum Gasteiger partial charge on any atom is 0.255 e. The fourth-order valence-corrected chi connectivity index (χ4v) is 6.03. The molecule has 0 radical (unpaired) electrons. The summed E-state index contributed by atoms with van der Waals surface area (Å²) in [7, 11) is -3.32. The first-order valence-corrected chi connectivity index (χ1v) is 10.3. The molecule has 0 spiro atoms. The SMILES string of the molecule is O=C(c1ccc(F)cc1Cl)N1CC[C@H](c2cccs2)S(=O)(=O)CC1. The molecule has 2 aromatic rings. The van der Waals surface area contributed by atoms with Crippen LogP contribution in [0.2, 0.25) is 5.02 Å². The molecule has 1 aliphatic rings. The number of carbonyl (C=O) groups excluding carboxylic acids is 1. The van der Waals surface area contributed by atoms with Crippen LogP contribution in [0.5, 0.6) is 0 Å². The van der Waals surface area contributed by atoms with Crippen molar-refractivity contribution in [1.29, 1.82) is 0 Å². The molecule has 1 fully saturated rings. The van der Waals surface area contributed by atoms with Crippen molar-refractivity contribution in [3.05, 3.63) is 57.0 Å². The van der Waals surface area contributed by atoms with Gasteiger partial charge in [0, 0.05) is 18.0 Å². The largest absolute Gasteiger partial charge is 0.338 e. The summed E-state index contributed by atoms with van der Waals surface area (Å²) in [6.45, 7) is 0.422. The van der Waals surface area contributed by atoms with E-state index in [2.05, 4.69) is 0 Å². The summed E-state index contributed by atoms with van der Waals surface area (Å²) >= 11 is 7.35. The molecule has 2 heterocycles. The molecule has 1 aromatic heterocycles. The average molecular weight is 388 g/mol. The summed E-state index contributed by atoms with van der Waals surface area (Å²) < 4.78 is 38.2. The van der Waals surface area contributed by atoms with Gasteiger partial charge in [0.05, 0.1) is 21.6 Å². The Hall–Kier alpha value is -1.44. The minimum atomic E-state index is -3.32. The Morgan fingerprint density at radius 2 is 2.08 bits per heavy atom. The Labute approximate surface area is 148 Å². The third-order valence-corrected chi connectivity index (χ3v) is 7.61. The van der Waals surface area contributed by atoms with Crippen LogP contribution >= 0.6 is 22.9 Å². The standard InChI is InChI=1S/C16H15ClFNO3S2/c17-13-10-11(18)3-4-12(13)16(20)19-6-5-15(14-2-1-8-23-14)24(21,22)9-7-19/h1-4,8,10,15H,5-7,9H2/t15-/m1/s1. The number of rotatable bonds is 2. The summed E-state index contributed by atoms with van der Waals surface area (Å²) in [4.78, 5) is 14.9. The fourth-order valence-electron chi connectivity index (χ4n) is 2.77. The van der Waals surface area contributed by atoms with Gasteiger partial charge in [0.2, 0.25) is 0 Å². The van der Waals surface area contributed by atoms with Crippen LogP contribution in [-0.2, 0) is 9.84 Å². The van der Waals surface area contributed by atoms with Crippen LogP contribution in [0.4, 0.5) is 4.39 Å². The van der Waals surface area contributed by atoms with Gasteiger partial charge < -0.3 is 4.90 Å². The lowest BCUT2D eigenvalue weighted by atomic mass is 10.1. The molecule has 128 valence electrons. The fraction of sp³-hybridized carbons (Fsp3) is 0.312. The molecule has 24 heavy (non-hydrogen) atoms. The molecule has 0 saturated carbocycles. The molecule has 4 nitrogen and oxygen atoms in total. The average Bonchev–Trinajstić information content (AvgIpc) is 2.98. The summed E-state index contributed by atoms with van der Waals surface area (Å²) in [5, 5.41) is 1.29. The number of hydrogen-bond donors (Lipinski definition) is 0. The number of sulfone groups is 1. The van der Waals surface area contributed by atoms with Gasteiger partial charge in [-0.15, -0.1) is 11.3 Å². The Morgan fingerprint density at radius 3 is 2.75 bits per heavy atom. The van der Waals surface area contributed by atoms with E-state index < -0.39 is 20.9 Å². The second-order valence-corrected chi connectivity index (χ2v) is 9.27. The maximum absolute atomic E-state index is 13.1. The highest BCUT2D eigenvalue weighted by molar-refractivity contribution is 7.91. The Kier molecular flexibility index (Phi) is 4.94. The van der Waals surface area contributed by atoms with Crippen LogP contribution < -0.4 is 0 Å². The van der Waals surface area contributed by atoms with Crippen molar-refractivity contribution >= 4 is 38.7 Å². The summed E-state index contributed by atoms with van der Waals surface area (Å²) in [5.74, 6) is -0.991. The van der Waals surface area contributed by atoms with Crippen LogP contribution in [0, 0.1) is 5.82 Å². The molecule has 3 rings (SSSR count). The van der Waals surface area contributed by atoms with E-state index in [4.69, 9.17) is 11.6 Å². The quantitative estimate of drug-likeness (QED) is 0.791. The predicted molar refractivity (Wildman–Crippen MR) is 92.8 cm³/mol. The third kappa shape index (κ3) is 3.48. The van der Waals surface area contributed by atoms with E-state index >= 15 is 0 Å². The van der Waals surface area contributed by atoms with Crippen LogP contribution in [0.25, 0.3) is 0 Å². The van der Waals surface area contributed by atoms with E-state index in [1.54, 1.807) is 6.07 Å². The summed E-state index contributed by atoms with van der Waals surface area (Å²) in [5.41, 5.74) is 0.185. The minimum Gasteiger partial charge on any atom is -0.338 e. The van der Waals surface area contributed by atoms with E-state index in [0.29, 0.717) is 13.0 Å². The molecule has 1 aromatic carbocycles. The van der Waals surface area contributed by atoms with Gasteiger partial charge in [-0.2, -0.15) is 0 Å². The summed E-state index contributed by atoms with van der Waals surface area (Å²) in [6, 6.07) is 7.21. The molecule has 1 amide bonds.